The lowest BCUT2D eigenvalue weighted by Gasteiger charge is -2.29. The number of nitrogens with one attached hydrogen (secondary N) is 2. The number of pyridine rings is 1. The molecular weight excluding hydrogens is 267 g/mol. The SMILES string of the molecule is C[C@@H](NC1CCCc2[nH]c(=O)ccc21)c1ccccc1F. The normalized spacial score (nSPS) is 19.0. The standard InChI is InChI=1S/C17H19FN2O/c1-11(12-5-2-3-6-14(12)18)19-15-7-4-8-16-13(15)9-10-17(21)20-16/h2-3,5-6,9-11,15,19H,4,7-8H2,1H3,(H,20,21)/t11-,15?/m1/s1. The molecule has 0 radical (unpaired) electrons. The monoisotopic (exact) mass is 286 g/mol. The van der Waals surface area contributed by atoms with Crippen LogP contribution in [0.1, 0.15) is 48.7 Å². The van der Waals surface area contributed by atoms with Crippen molar-refractivity contribution in [1.82, 2.24) is 10.3 Å². The van der Waals surface area contributed by atoms with Gasteiger partial charge < -0.3 is 10.3 Å². The number of halogens is 1. The number of aromatic amines is 1. The van der Waals surface area contributed by atoms with Crippen LogP contribution in [-0.4, -0.2) is 4.98 Å². The number of benzene rings is 1. The fourth-order valence-electron chi connectivity index (χ4n) is 3.09. The van der Waals surface area contributed by atoms with E-state index in [4.69, 9.17) is 0 Å². The Morgan fingerprint density at radius 1 is 1.29 bits per heavy atom. The highest BCUT2D eigenvalue weighted by atomic mass is 19.1. The number of H-pyrrole nitrogens is 1. The molecule has 110 valence electrons. The van der Waals surface area contributed by atoms with E-state index in [-0.39, 0.29) is 23.5 Å². The van der Waals surface area contributed by atoms with E-state index in [0.29, 0.717) is 5.56 Å². The first-order valence-electron chi connectivity index (χ1n) is 7.37. The molecule has 1 unspecified atom stereocenters. The van der Waals surface area contributed by atoms with E-state index in [1.807, 2.05) is 25.1 Å². The zero-order chi connectivity index (χ0) is 14.8. The van der Waals surface area contributed by atoms with Crippen molar-refractivity contribution < 1.29 is 4.39 Å². The van der Waals surface area contributed by atoms with Crippen LogP contribution >= 0.6 is 0 Å². The first kappa shape index (κ1) is 14.0. The fraction of sp³-hybridized carbons (Fsp3) is 0.353. The number of hydrogen-bond donors (Lipinski definition) is 2. The predicted octanol–water partition coefficient (Wildman–Crippen LogP) is 3.24. The molecule has 0 spiro atoms. The molecule has 0 saturated heterocycles. The maximum Gasteiger partial charge on any atom is 0.248 e. The van der Waals surface area contributed by atoms with Crippen LogP contribution in [-0.2, 0) is 6.42 Å². The first-order chi connectivity index (χ1) is 10.1. The highest BCUT2D eigenvalue weighted by molar-refractivity contribution is 5.27. The summed E-state index contributed by atoms with van der Waals surface area (Å²) in [5.41, 5.74) is 2.75. The van der Waals surface area contributed by atoms with E-state index >= 15 is 0 Å². The Bertz CT molecular complexity index is 695. The molecule has 0 bridgehead atoms. The van der Waals surface area contributed by atoms with Gasteiger partial charge in [-0.05, 0) is 37.8 Å². The quantitative estimate of drug-likeness (QED) is 0.909. The Hall–Kier alpha value is -1.94. The van der Waals surface area contributed by atoms with Crippen LogP contribution in [0.4, 0.5) is 4.39 Å². The smallest absolute Gasteiger partial charge is 0.248 e. The van der Waals surface area contributed by atoms with Crippen LogP contribution in [0.3, 0.4) is 0 Å². The molecule has 1 aromatic heterocycles. The molecule has 2 N–H and O–H groups in total. The van der Waals surface area contributed by atoms with Crippen molar-refractivity contribution in [2.75, 3.05) is 0 Å². The van der Waals surface area contributed by atoms with Crippen molar-refractivity contribution in [3.63, 3.8) is 0 Å². The molecule has 1 aliphatic rings. The van der Waals surface area contributed by atoms with E-state index in [1.165, 1.54) is 6.07 Å². The van der Waals surface area contributed by atoms with E-state index < -0.39 is 0 Å². The predicted molar refractivity (Wildman–Crippen MR) is 80.7 cm³/mol. The van der Waals surface area contributed by atoms with Crippen LogP contribution in [0.15, 0.2) is 41.2 Å². The number of aryl methyl sites for hydroxylation is 1. The Morgan fingerprint density at radius 3 is 2.90 bits per heavy atom. The Balaban J connectivity index is 1.84. The van der Waals surface area contributed by atoms with E-state index in [2.05, 4.69) is 10.3 Å². The first-order valence-corrected chi connectivity index (χ1v) is 7.37. The van der Waals surface area contributed by atoms with Gasteiger partial charge in [0.1, 0.15) is 5.82 Å². The summed E-state index contributed by atoms with van der Waals surface area (Å²) in [5.74, 6) is -0.185. The number of fused-ring (bicyclic) bond motifs is 1. The number of rotatable bonds is 3. The largest absolute Gasteiger partial charge is 0.326 e. The van der Waals surface area contributed by atoms with E-state index in [9.17, 15) is 9.18 Å². The van der Waals surface area contributed by atoms with E-state index in [1.54, 1.807) is 12.1 Å². The van der Waals surface area contributed by atoms with Gasteiger partial charge in [-0.1, -0.05) is 24.3 Å². The summed E-state index contributed by atoms with van der Waals surface area (Å²) in [7, 11) is 0. The summed E-state index contributed by atoms with van der Waals surface area (Å²) in [6, 6.07) is 10.4. The second kappa shape index (κ2) is 5.82. The summed E-state index contributed by atoms with van der Waals surface area (Å²) >= 11 is 0. The van der Waals surface area contributed by atoms with Crippen LogP contribution in [0, 0.1) is 5.82 Å². The second-order valence-corrected chi connectivity index (χ2v) is 5.61. The topological polar surface area (TPSA) is 44.9 Å². The third kappa shape index (κ3) is 2.90. The van der Waals surface area contributed by atoms with E-state index in [0.717, 1.165) is 30.5 Å². The molecule has 21 heavy (non-hydrogen) atoms. The molecule has 3 rings (SSSR count). The molecular formula is C17H19FN2O. The van der Waals surface area contributed by atoms with Gasteiger partial charge in [0.15, 0.2) is 0 Å². The van der Waals surface area contributed by atoms with Crippen molar-refractivity contribution in [3.05, 3.63) is 69.4 Å². The molecule has 0 aliphatic heterocycles. The van der Waals surface area contributed by atoms with Gasteiger partial charge in [0.2, 0.25) is 5.56 Å². The molecule has 0 amide bonds. The number of hydrogen-bond acceptors (Lipinski definition) is 2. The Kier molecular flexibility index (Phi) is 3.88. The maximum atomic E-state index is 13.9. The third-order valence-electron chi connectivity index (χ3n) is 4.15. The summed E-state index contributed by atoms with van der Waals surface area (Å²) in [5, 5.41) is 3.49. The lowest BCUT2D eigenvalue weighted by Crippen LogP contribution is -2.29. The van der Waals surface area contributed by atoms with Gasteiger partial charge in [-0.25, -0.2) is 4.39 Å². The van der Waals surface area contributed by atoms with Crippen molar-refractivity contribution in [2.45, 2.75) is 38.3 Å². The van der Waals surface area contributed by atoms with Crippen LogP contribution < -0.4 is 10.9 Å². The van der Waals surface area contributed by atoms with Gasteiger partial charge in [-0.2, -0.15) is 0 Å². The minimum Gasteiger partial charge on any atom is -0.326 e. The molecule has 1 heterocycles. The fourth-order valence-corrected chi connectivity index (χ4v) is 3.09. The van der Waals surface area contributed by atoms with Gasteiger partial charge in [-0.15, -0.1) is 0 Å². The van der Waals surface area contributed by atoms with Crippen LogP contribution in [0.5, 0.6) is 0 Å². The average Bonchev–Trinajstić information content (AvgIpc) is 2.47. The molecule has 2 atom stereocenters. The highest BCUT2D eigenvalue weighted by Gasteiger charge is 2.23. The maximum absolute atomic E-state index is 13.9. The zero-order valence-corrected chi connectivity index (χ0v) is 12.0. The van der Waals surface area contributed by atoms with Gasteiger partial charge in [0.25, 0.3) is 0 Å². The molecule has 1 aliphatic carbocycles. The average molecular weight is 286 g/mol. The molecule has 0 fully saturated rings. The van der Waals surface area contributed by atoms with Gasteiger partial charge in [-0.3, -0.25) is 4.79 Å². The highest BCUT2D eigenvalue weighted by Crippen LogP contribution is 2.30. The Morgan fingerprint density at radius 2 is 2.10 bits per heavy atom. The van der Waals surface area contributed by atoms with Crippen LogP contribution in [0.25, 0.3) is 0 Å². The summed E-state index contributed by atoms with van der Waals surface area (Å²) in [4.78, 5) is 14.3. The molecule has 4 heteroatoms. The van der Waals surface area contributed by atoms with Crippen molar-refractivity contribution in [1.29, 1.82) is 0 Å². The Labute approximate surface area is 123 Å². The van der Waals surface area contributed by atoms with Gasteiger partial charge in [0, 0.05) is 29.4 Å². The molecule has 1 aromatic carbocycles. The summed E-state index contributed by atoms with van der Waals surface area (Å²) < 4.78 is 13.9. The minimum absolute atomic E-state index is 0.0587. The molecule has 2 aromatic rings. The second-order valence-electron chi connectivity index (χ2n) is 5.61. The van der Waals surface area contributed by atoms with Gasteiger partial charge >= 0.3 is 0 Å². The lowest BCUT2D eigenvalue weighted by atomic mass is 9.90. The van der Waals surface area contributed by atoms with Crippen LogP contribution in [0.2, 0.25) is 0 Å². The minimum atomic E-state index is -0.185. The summed E-state index contributed by atoms with van der Waals surface area (Å²) in [6.45, 7) is 1.97. The molecule has 3 nitrogen and oxygen atoms in total. The zero-order valence-electron chi connectivity index (χ0n) is 12.0. The van der Waals surface area contributed by atoms with Crippen molar-refractivity contribution in [2.24, 2.45) is 0 Å². The third-order valence-corrected chi connectivity index (χ3v) is 4.15. The molecule has 0 saturated carbocycles. The summed E-state index contributed by atoms with van der Waals surface area (Å²) in [6.07, 6.45) is 2.92. The lowest BCUT2D eigenvalue weighted by molar-refractivity contribution is 0.404. The van der Waals surface area contributed by atoms with Crippen molar-refractivity contribution in [3.8, 4) is 0 Å². The van der Waals surface area contributed by atoms with Crippen molar-refractivity contribution >= 4 is 0 Å². The van der Waals surface area contributed by atoms with Gasteiger partial charge in [0.05, 0.1) is 0 Å². The number of aromatic nitrogens is 1.